The highest BCUT2D eigenvalue weighted by molar-refractivity contribution is 9.10. The standard InChI is InChI=1S/C13H15BrN4/c1-8(2)12-11(14)13(15)18-10(17-12)7-9-5-3-4-6-16-9/h3-6,8H,7H2,1-2H3,(H2,15,17,18). The fourth-order valence-corrected chi connectivity index (χ4v) is 2.29. The third-order valence-corrected chi connectivity index (χ3v) is 3.37. The van der Waals surface area contributed by atoms with E-state index in [-0.39, 0.29) is 0 Å². The Bertz CT molecular complexity index is 540. The third-order valence-electron chi connectivity index (χ3n) is 2.56. The molecule has 4 nitrogen and oxygen atoms in total. The summed E-state index contributed by atoms with van der Waals surface area (Å²) in [5.41, 5.74) is 7.77. The van der Waals surface area contributed by atoms with E-state index in [9.17, 15) is 0 Å². The van der Waals surface area contributed by atoms with Crippen molar-refractivity contribution in [1.29, 1.82) is 0 Å². The van der Waals surface area contributed by atoms with Gasteiger partial charge in [0, 0.05) is 11.9 Å². The van der Waals surface area contributed by atoms with Crippen LogP contribution in [-0.2, 0) is 6.42 Å². The van der Waals surface area contributed by atoms with Crippen LogP contribution in [0.25, 0.3) is 0 Å². The normalized spacial score (nSPS) is 10.9. The molecule has 0 amide bonds. The summed E-state index contributed by atoms with van der Waals surface area (Å²) in [5, 5.41) is 0. The van der Waals surface area contributed by atoms with Gasteiger partial charge in [0.25, 0.3) is 0 Å². The zero-order chi connectivity index (χ0) is 13.1. The summed E-state index contributed by atoms with van der Waals surface area (Å²) in [5.74, 6) is 1.49. The molecule has 2 heterocycles. The zero-order valence-corrected chi connectivity index (χ0v) is 12.0. The van der Waals surface area contributed by atoms with Crippen molar-refractivity contribution >= 4 is 21.7 Å². The molecule has 94 valence electrons. The molecule has 2 rings (SSSR count). The number of hydrogen-bond acceptors (Lipinski definition) is 4. The predicted octanol–water partition coefficient (Wildman–Crippen LogP) is 2.93. The molecule has 2 N–H and O–H groups in total. The molecule has 0 fully saturated rings. The lowest BCUT2D eigenvalue weighted by Gasteiger charge is -2.11. The molecule has 0 aliphatic rings. The molecule has 2 aromatic heterocycles. The van der Waals surface area contributed by atoms with Crippen molar-refractivity contribution in [3.8, 4) is 0 Å². The number of nitrogen functional groups attached to an aromatic ring is 1. The second-order valence-electron chi connectivity index (χ2n) is 4.38. The number of rotatable bonds is 3. The van der Waals surface area contributed by atoms with Crippen molar-refractivity contribution in [3.63, 3.8) is 0 Å². The molecule has 0 aromatic carbocycles. The Hall–Kier alpha value is -1.49. The van der Waals surface area contributed by atoms with E-state index in [4.69, 9.17) is 5.73 Å². The maximum absolute atomic E-state index is 5.89. The van der Waals surface area contributed by atoms with Crippen molar-refractivity contribution in [2.24, 2.45) is 0 Å². The second kappa shape index (κ2) is 5.44. The largest absolute Gasteiger partial charge is 0.383 e. The fourth-order valence-electron chi connectivity index (χ4n) is 1.66. The predicted molar refractivity (Wildman–Crippen MR) is 75.3 cm³/mol. The lowest BCUT2D eigenvalue weighted by molar-refractivity contribution is 0.783. The molecule has 0 unspecified atom stereocenters. The van der Waals surface area contributed by atoms with Gasteiger partial charge < -0.3 is 5.73 Å². The first kappa shape index (κ1) is 13.0. The lowest BCUT2D eigenvalue weighted by atomic mass is 10.1. The molecule has 0 aliphatic carbocycles. The van der Waals surface area contributed by atoms with Crippen LogP contribution in [0.4, 0.5) is 5.82 Å². The Labute approximate surface area is 115 Å². The SMILES string of the molecule is CC(C)c1nc(Cc2ccccn2)nc(N)c1Br. The first-order chi connectivity index (χ1) is 8.58. The van der Waals surface area contributed by atoms with E-state index in [0.29, 0.717) is 24.0 Å². The van der Waals surface area contributed by atoms with Crippen molar-refractivity contribution < 1.29 is 0 Å². The van der Waals surface area contributed by atoms with Crippen LogP contribution in [0.3, 0.4) is 0 Å². The summed E-state index contributed by atoms with van der Waals surface area (Å²) in [6.45, 7) is 4.16. The Kier molecular flexibility index (Phi) is 3.91. The average Bonchev–Trinajstić information content (AvgIpc) is 2.34. The van der Waals surface area contributed by atoms with E-state index in [1.807, 2.05) is 18.2 Å². The molecule has 0 bridgehead atoms. The Morgan fingerprint density at radius 2 is 2.06 bits per heavy atom. The summed E-state index contributed by atoms with van der Waals surface area (Å²) in [6.07, 6.45) is 2.36. The Morgan fingerprint density at radius 1 is 1.28 bits per heavy atom. The van der Waals surface area contributed by atoms with Gasteiger partial charge >= 0.3 is 0 Å². The third kappa shape index (κ3) is 2.85. The van der Waals surface area contributed by atoms with Crippen LogP contribution in [0.5, 0.6) is 0 Å². The molecule has 18 heavy (non-hydrogen) atoms. The maximum Gasteiger partial charge on any atom is 0.141 e. The van der Waals surface area contributed by atoms with E-state index >= 15 is 0 Å². The van der Waals surface area contributed by atoms with E-state index in [1.54, 1.807) is 6.20 Å². The van der Waals surface area contributed by atoms with Gasteiger partial charge in [-0.1, -0.05) is 19.9 Å². The highest BCUT2D eigenvalue weighted by atomic mass is 79.9. The van der Waals surface area contributed by atoms with E-state index in [2.05, 4.69) is 44.7 Å². The first-order valence-corrected chi connectivity index (χ1v) is 6.59. The molecule has 5 heteroatoms. The molecular weight excluding hydrogens is 292 g/mol. The lowest BCUT2D eigenvalue weighted by Crippen LogP contribution is -2.07. The average molecular weight is 307 g/mol. The number of halogens is 1. The number of hydrogen-bond donors (Lipinski definition) is 1. The molecule has 2 aromatic rings. The van der Waals surface area contributed by atoms with Gasteiger partial charge in [-0.3, -0.25) is 4.98 Å². The Balaban J connectivity index is 2.35. The number of pyridine rings is 1. The van der Waals surface area contributed by atoms with E-state index in [1.165, 1.54) is 0 Å². The van der Waals surface area contributed by atoms with Crippen LogP contribution in [0.15, 0.2) is 28.9 Å². The monoisotopic (exact) mass is 306 g/mol. The van der Waals surface area contributed by atoms with Crippen LogP contribution >= 0.6 is 15.9 Å². The second-order valence-corrected chi connectivity index (χ2v) is 5.17. The number of aromatic nitrogens is 3. The summed E-state index contributed by atoms with van der Waals surface area (Å²) in [7, 11) is 0. The first-order valence-electron chi connectivity index (χ1n) is 5.79. The smallest absolute Gasteiger partial charge is 0.141 e. The fraction of sp³-hybridized carbons (Fsp3) is 0.308. The molecule has 0 saturated heterocycles. The zero-order valence-electron chi connectivity index (χ0n) is 10.4. The van der Waals surface area contributed by atoms with Gasteiger partial charge in [0.15, 0.2) is 0 Å². The van der Waals surface area contributed by atoms with Gasteiger partial charge in [0.05, 0.1) is 16.6 Å². The summed E-state index contributed by atoms with van der Waals surface area (Å²) < 4.78 is 0.794. The Morgan fingerprint density at radius 3 is 2.67 bits per heavy atom. The topological polar surface area (TPSA) is 64.7 Å². The minimum atomic E-state index is 0.298. The van der Waals surface area contributed by atoms with Crippen molar-refractivity contribution in [2.75, 3.05) is 5.73 Å². The van der Waals surface area contributed by atoms with Gasteiger partial charge in [-0.2, -0.15) is 0 Å². The van der Waals surface area contributed by atoms with Gasteiger partial charge in [0.1, 0.15) is 11.6 Å². The summed E-state index contributed by atoms with van der Waals surface area (Å²) >= 11 is 3.43. The summed E-state index contributed by atoms with van der Waals surface area (Å²) in [6, 6.07) is 5.80. The van der Waals surface area contributed by atoms with Gasteiger partial charge in [-0.05, 0) is 34.0 Å². The van der Waals surface area contributed by atoms with Gasteiger partial charge in [-0.25, -0.2) is 9.97 Å². The van der Waals surface area contributed by atoms with Gasteiger partial charge in [-0.15, -0.1) is 0 Å². The molecule has 0 radical (unpaired) electrons. The quantitative estimate of drug-likeness (QED) is 0.947. The van der Waals surface area contributed by atoms with Crippen LogP contribution in [0.2, 0.25) is 0 Å². The molecule has 0 saturated carbocycles. The number of nitrogens with two attached hydrogens (primary N) is 1. The minimum absolute atomic E-state index is 0.298. The van der Waals surface area contributed by atoms with E-state index in [0.717, 1.165) is 15.9 Å². The van der Waals surface area contributed by atoms with Crippen LogP contribution in [0, 0.1) is 0 Å². The van der Waals surface area contributed by atoms with Gasteiger partial charge in [0.2, 0.25) is 0 Å². The van der Waals surface area contributed by atoms with Crippen molar-refractivity contribution in [1.82, 2.24) is 15.0 Å². The highest BCUT2D eigenvalue weighted by Crippen LogP contribution is 2.27. The van der Waals surface area contributed by atoms with Crippen molar-refractivity contribution in [3.05, 3.63) is 46.1 Å². The molecular formula is C13H15BrN4. The van der Waals surface area contributed by atoms with Crippen LogP contribution in [0.1, 0.15) is 37.0 Å². The highest BCUT2D eigenvalue weighted by Gasteiger charge is 2.13. The van der Waals surface area contributed by atoms with E-state index < -0.39 is 0 Å². The van der Waals surface area contributed by atoms with Crippen molar-refractivity contribution in [2.45, 2.75) is 26.2 Å². The van der Waals surface area contributed by atoms with Crippen LogP contribution < -0.4 is 5.73 Å². The molecule has 0 spiro atoms. The maximum atomic E-state index is 5.89. The molecule has 0 atom stereocenters. The number of nitrogens with zero attached hydrogens (tertiary/aromatic N) is 3. The van der Waals surface area contributed by atoms with Crippen LogP contribution in [-0.4, -0.2) is 15.0 Å². The summed E-state index contributed by atoms with van der Waals surface area (Å²) in [4.78, 5) is 13.1. The molecule has 0 aliphatic heterocycles. The number of anilines is 1. The minimum Gasteiger partial charge on any atom is -0.383 e.